The van der Waals surface area contributed by atoms with Gasteiger partial charge in [0.15, 0.2) is 0 Å². The summed E-state index contributed by atoms with van der Waals surface area (Å²) in [7, 11) is 0. The first-order chi connectivity index (χ1) is 12.9. The predicted molar refractivity (Wildman–Crippen MR) is 96.8 cm³/mol. The van der Waals surface area contributed by atoms with Crippen molar-refractivity contribution in [2.75, 3.05) is 5.32 Å². The lowest BCUT2D eigenvalue weighted by molar-refractivity contribution is -0.137. The SMILES string of the molecule is O=C(Cc1csc(-c2ccc(C(F)(F)F)cc2)n1)Nc1nnc(C2CC2)s1. The van der Waals surface area contributed by atoms with E-state index >= 15 is 0 Å². The van der Waals surface area contributed by atoms with Crippen LogP contribution in [-0.4, -0.2) is 21.1 Å². The van der Waals surface area contributed by atoms with Crippen molar-refractivity contribution in [2.45, 2.75) is 31.4 Å². The molecular weight excluding hydrogens is 397 g/mol. The second kappa shape index (κ2) is 7.01. The second-order valence-electron chi connectivity index (χ2n) is 6.16. The Hall–Kier alpha value is -2.33. The molecule has 1 fully saturated rings. The number of hydrogen-bond donors (Lipinski definition) is 1. The van der Waals surface area contributed by atoms with Gasteiger partial charge in [-0.3, -0.25) is 4.79 Å². The molecule has 0 unspecified atom stereocenters. The van der Waals surface area contributed by atoms with Gasteiger partial charge in [0.05, 0.1) is 17.7 Å². The largest absolute Gasteiger partial charge is 0.416 e. The fourth-order valence-corrected chi connectivity index (χ4v) is 4.19. The Bertz CT molecular complexity index is 961. The summed E-state index contributed by atoms with van der Waals surface area (Å²) in [5, 5.41) is 14.5. The molecule has 10 heteroatoms. The fraction of sp³-hybridized carbons (Fsp3) is 0.294. The molecule has 0 spiro atoms. The zero-order valence-electron chi connectivity index (χ0n) is 13.8. The third-order valence-electron chi connectivity index (χ3n) is 3.97. The lowest BCUT2D eigenvalue weighted by atomic mass is 10.1. The lowest BCUT2D eigenvalue weighted by Crippen LogP contribution is -2.14. The van der Waals surface area contributed by atoms with Crippen LogP contribution in [0.5, 0.6) is 0 Å². The van der Waals surface area contributed by atoms with Crippen molar-refractivity contribution in [1.29, 1.82) is 0 Å². The van der Waals surface area contributed by atoms with Gasteiger partial charge in [-0.15, -0.1) is 21.5 Å². The Kier molecular flexibility index (Phi) is 4.68. The maximum Gasteiger partial charge on any atom is 0.416 e. The van der Waals surface area contributed by atoms with E-state index in [9.17, 15) is 18.0 Å². The minimum Gasteiger partial charge on any atom is -0.300 e. The first-order valence-corrected chi connectivity index (χ1v) is 9.83. The summed E-state index contributed by atoms with van der Waals surface area (Å²) in [5.74, 6) is 0.232. The maximum absolute atomic E-state index is 12.6. The van der Waals surface area contributed by atoms with Crippen LogP contribution < -0.4 is 5.32 Å². The van der Waals surface area contributed by atoms with Gasteiger partial charge in [-0.2, -0.15) is 13.2 Å². The topological polar surface area (TPSA) is 67.8 Å². The molecule has 2 aromatic heterocycles. The molecule has 1 N–H and O–H groups in total. The number of rotatable bonds is 5. The number of halogens is 3. The first-order valence-electron chi connectivity index (χ1n) is 8.14. The number of alkyl halides is 3. The van der Waals surface area contributed by atoms with Crippen LogP contribution in [0.3, 0.4) is 0 Å². The van der Waals surface area contributed by atoms with E-state index in [4.69, 9.17) is 0 Å². The minimum atomic E-state index is -4.37. The molecule has 1 aromatic carbocycles. The smallest absolute Gasteiger partial charge is 0.300 e. The van der Waals surface area contributed by atoms with Crippen molar-refractivity contribution in [3.63, 3.8) is 0 Å². The Morgan fingerprint density at radius 2 is 1.93 bits per heavy atom. The van der Waals surface area contributed by atoms with Gasteiger partial charge >= 0.3 is 6.18 Å². The molecule has 0 radical (unpaired) electrons. The molecule has 0 aliphatic heterocycles. The molecule has 1 aliphatic carbocycles. The molecule has 0 atom stereocenters. The Morgan fingerprint density at radius 1 is 1.19 bits per heavy atom. The maximum atomic E-state index is 12.6. The van der Waals surface area contributed by atoms with Crippen molar-refractivity contribution >= 4 is 33.7 Å². The molecule has 1 amide bonds. The predicted octanol–water partition coefficient (Wildman–Crippen LogP) is 4.74. The number of benzene rings is 1. The number of nitrogens with one attached hydrogen (secondary N) is 1. The fourth-order valence-electron chi connectivity index (χ4n) is 2.43. The summed E-state index contributed by atoms with van der Waals surface area (Å²) in [4.78, 5) is 16.5. The molecule has 0 saturated heterocycles. The van der Waals surface area contributed by atoms with E-state index < -0.39 is 11.7 Å². The number of carbonyl (C=O) groups excluding carboxylic acids is 1. The molecule has 3 aromatic rings. The zero-order valence-corrected chi connectivity index (χ0v) is 15.4. The average Bonchev–Trinajstić information content (AvgIpc) is 3.19. The highest BCUT2D eigenvalue weighted by atomic mass is 32.1. The summed E-state index contributed by atoms with van der Waals surface area (Å²) in [6.45, 7) is 0. The summed E-state index contributed by atoms with van der Waals surface area (Å²) < 4.78 is 37.9. The van der Waals surface area contributed by atoms with Gasteiger partial charge in [-0.05, 0) is 25.0 Å². The van der Waals surface area contributed by atoms with E-state index in [2.05, 4.69) is 20.5 Å². The second-order valence-corrected chi connectivity index (χ2v) is 8.03. The number of nitrogens with zero attached hydrogens (tertiary/aromatic N) is 3. The molecule has 0 bridgehead atoms. The number of carbonyl (C=O) groups is 1. The molecule has 1 saturated carbocycles. The molecule has 27 heavy (non-hydrogen) atoms. The number of hydrogen-bond acceptors (Lipinski definition) is 6. The zero-order chi connectivity index (χ0) is 19.0. The van der Waals surface area contributed by atoms with E-state index in [-0.39, 0.29) is 12.3 Å². The van der Waals surface area contributed by atoms with Gasteiger partial charge < -0.3 is 5.32 Å². The van der Waals surface area contributed by atoms with Crippen LogP contribution in [0.15, 0.2) is 29.6 Å². The van der Waals surface area contributed by atoms with Crippen LogP contribution in [0.1, 0.15) is 35.0 Å². The summed E-state index contributed by atoms with van der Waals surface area (Å²) in [6, 6.07) is 4.81. The minimum absolute atomic E-state index is 0.0650. The van der Waals surface area contributed by atoms with E-state index in [1.54, 1.807) is 5.38 Å². The van der Waals surface area contributed by atoms with Gasteiger partial charge in [-0.25, -0.2) is 4.98 Å². The monoisotopic (exact) mass is 410 g/mol. The lowest BCUT2D eigenvalue weighted by Gasteiger charge is -2.06. The molecule has 5 nitrogen and oxygen atoms in total. The van der Waals surface area contributed by atoms with E-state index in [1.807, 2.05) is 0 Å². The van der Waals surface area contributed by atoms with Crippen LogP contribution >= 0.6 is 22.7 Å². The molecular formula is C17H13F3N4OS2. The van der Waals surface area contributed by atoms with Crippen LogP contribution in [0.25, 0.3) is 10.6 Å². The van der Waals surface area contributed by atoms with Gasteiger partial charge in [0.2, 0.25) is 11.0 Å². The van der Waals surface area contributed by atoms with Crippen LogP contribution in [0.2, 0.25) is 0 Å². The Balaban J connectivity index is 1.39. The molecule has 4 rings (SSSR count). The van der Waals surface area contributed by atoms with Gasteiger partial charge in [0.25, 0.3) is 0 Å². The van der Waals surface area contributed by atoms with Crippen molar-refractivity contribution in [3.05, 3.63) is 45.9 Å². The summed E-state index contributed by atoms with van der Waals surface area (Å²) in [5.41, 5.74) is 0.433. The quantitative estimate of drug-likeness (QED) is 0.660. The Labute approximate surface area is 160 Å². The standard InChI is InChI=1S/C17H13F3N4OS2/c18-17(19,20)11-5-3-9(4-6-11)14-21-12(8-26-14)7-13(25)22-16-24-23-15(27-16)10-1-2-10/h3-6,8,10H,1-2,7H2,(H,22,24,25). The highest BCUT2D eigenvalue weighted by Gasteiger charge is 2.30. The van der Waals surface area contributed by atoms with Crippen LogP contribution in [-0.2, 0) is 17.4 Å². The third-order valence-corrected chi connectivity index (χ3v) is 5.91. The summed E-state index contributed by atoms with van der Waals surface area (Å²) in [6.07, 6.45) is -2.06. The number of amides is 1. The molecule has 140 valence electrons. The number of thiazole rings is 1. The van der Waals surface area contributed by atoms with Crippen molar-refractivity contribution < 1.29 is 18.0 Å². The first kappa shape index (κ1) is 18.1. The van der Waals surface area contributed by atoms with Crippen LogP contribution in [0.4, 0.5) is 18.3 Å². The number of aromatic nitrogens is 3. The number of anilines is 1. The van der Waals surface area contributed by atoms with Crippen molar-refractivity contribution in [2.24, 2.45) is 0 Å². The average molecular weight is 410 g/mol. The molecule has 2 heterocycles. The summed E-state index contributed by atoms with van der Waals surface area (Å²) >= 11 is 2.67. The third kappa shape index (κ3) is 4.33. The van der Waals surface area contributed by atoms with Crippen molar-refractivity contribution in [1.82, 2.24) is 15.2 Å². The van der Waals surface area contributed by atoms with Crippen molar-refractivity contribution in [3.8, 4) is 10.6 Å². The van der Waals surface area contributed by atoms with Gasteiger partial charge in [-0.1, -0.05) is 23.5 Å². The van der Waals surface area contributed by atoms with Gasteiger partial charge in [0.1, 0.15) is 10.0 Å². The molecule has 1 aliphatic rings. The highest BCUT2D eigenvalue weighted by molar-refractivity contribution is 7.15. The normalized spacial score (nSPS) is 14.3. The Morgan fingerprint density at radius 3 is 2.59 bits per heavy atom. The van der Waals surface area contributed by atoms with E-state index in [0.717, 1.165) is 30.0 Å². The van der Waals surface area contributed by atoms with E-state index in [0.29, 0.717) is 27.3 Å². The van der Waals surface area contributed by atoms with Gasteiger partial charge in [0, 0.05) is 16.9 Å². The van der Waals surface area contributed by atoms with Crippen LogP contribution in [0, 0.1) is 0 Å². The van der Waals surface area contributed by atoms with E-state index in [1.165, 1.54) is 34.8 Å². The highest BCUT2D eigenvalue weighted by Crippen LogP contribution is 2.42.